The molecule has 11 heteroatoms. The molecule has 5 aromatic rings. The van der Waals surface area contributed by atoms with E-state index in [1.165, 1.54) is 12.3 Å². The van der Waals surface area contributed by atoms with Crippen LogP contribution in [0.3, 0.4) is 0 Å². The summed E-state index contributed by atoms with van der Waals surface area (Å²) < 4.78 is 44.9. The van der Waals surface area contributed by atoms with E-state index in [9.17, 15) is 13.2 Å². The average molecular weight is 499 g/mol. The van der Waals surface area contributed by atoms with E-state index in [4.69, 9.17) is 16.3 Å². The third kappa shape index (κ3) is 4.44. The fraction of sp³-hybridized carbons (Fsp3) is 0.167. The average Bonchev–Trinajstić information content (AvgIpc) is 3.32. The van der Waals surface area contributed by atoms with Crippen LogP contribution in [0.25, 0.3) is 27.8 Å². The molecule has 1 atom stereocenters. The Labute approximate surface area is 202 Å². The minimum absolute atomic E-state index is 0.0946. The van der Waals surface area contributed by atoms with Crippen molar-refractivity contribution >= 4 is 39.8 Å². The van der Waals surface area contributed by atoms with Crippen molar-refractivity contribution in [1.82, 2.24) is 24.6 Å². The number of halogens is 4. The van der Waals surface area contributed by atoms with Crippen LogP contribution in [0.15, 0.2) is 67.1 Å². The van der Waals surface area contributed by atoms with Gasteiger partial charge in [-0.1, -0.05) is 23.7 Å². The van der Waals surface area contributed by atoms with E-state index in [2.05, 4.69) is 20.2 Å². The number of fused-ring (bicyclic) bond motifs is 3. The maximum Gasteiger partial charge on any atom is 0.425 e. The molecule has 2 aromatic carbocycles. The SMILES string of the molecule is CC(Oc1ccc(-c2cccc(N(C)c3nc4nncn4c4cc(Cl)ccc34)c2)cn1)C(F)(F)F. The van der Waals surface area contributed by atoms with Gasteiger partial charge in [-0.05, 0) is 48.9 Å². The Bertz CT molecular complexity index is 1520. The molecule has 0 amide bonds. The standard InChI is InChI=1S/C24H18ClF3N6O/c1-14(24(26,27)28)35-21-9-6-16(12-29-21)15-4-3-5-18(10-15)33(2)22-19-8-7-17(25)11-20(19)34-13-30-32-23(34)31-22/h3-14H,1-2H3. The van der Waals surface area contributed by atoms with Gasteiger partial charge in [0.2, 0.25) is 5.88 Å². The van der Waals surface area contributed by atoms with Crippen LogP contribution in [0, 0.1) is 0 Å². The lowest BCUT2D eigenvalue weighted by Crippen LogP contribution is -2.31. The number of nitrogens with zero attached hydrogens (tertiary/aromatic N) is 6. The quantitative estimate of drug-likeness (QED) is 0.292. The molecule has 3 heterocycles. The Hall–Kier alpha value is -3.92. The first kappa shape index (κ1) is 22.9. The van der Waals surface area contributed by atoms with Gasteiger partial charge in [-0.25, -0.2) is 4.98 Å². The van der Waals surface area contributed by atoms with E-state index in [1.807, 2.05) is 48.3 Å². The molecule has 3 aromatic heterocycles. The highest BCUT2D eigenvalue weighted by molar-refractivity contribution is 6.31. The van der Waals surface area contributed by atoms with E-state index in [0.717, 1.165) is 34.6 Å². The summed E-state index contributed by atoms with van der Waals surface area (Å²) in [5.41, 5.74) is 3.21. The Morgan fingerprint density at radius 3 is 2.63 bits per heavy atom. The van der Waals surface area contributed by atoms with Crippen molar-refractivity contribution in [2.45, 2.75) is 19.2 Å². The zero-order valence-corrected chi connectivity index (χ0v) is 19.3. The van der Waals surface area contributed by atoms with Crippen LogP contribution in [0.1, 0.15) is 6.92 Å². The molecular weight excluding hydrogens is 481 g/mol. The second kappa shape index (κ2) is 8.70. The fourth-order valence-electron chi connectivity index (χ4n) is 3.66. The van der Waals surface area contributed by atoms with Crippen LogP contribution in [0.5, 0.6) is 5.88 Å². The van der Waals surface area contributed by atoms with Crippen molar-refractivity contribution in [1.29, 1.82) is 0 Å². The largest absolute Gasteiger partial charge is 0.465 e. The lowest BCUT2D eigenvalue weighted by molar-refractivity contribution is -0.189. The van der Waals surface area contributed by atoms with Gasteiger partial charge >= 0.3 is 6.18 Å². The third-order valence-electron chi connectivity index (χ3n) is 5.58. The molecule has 0 bridgehead atoms. The molecule has 1 unspecified atom stereocenters. The van der Waals surface area contributed by atoms with Gasteiger partial charge in [-0.3, -0.25) is 4.40 Å². The fourth-order valence-corrected chi connectivity index (χ4v) is 3.83. The number of anilines is 2. The number of rotatable bonds is 5. The number of alkyl halides is 3. The molecule has 0 radical (unpaired) electrons. The van der Waals surface area contributed by atoms with Crippen molar-refractivity contribution in [2.75, 3.05) is 11.9 Å². The van der Waals surface area contributed by atoms with E-state index in [-0.39, 0.29) is 5.88 Å². The number of ether oxygens (including phenoxy) is 1. The van der Waals surface area contributed by atoms with Gasteiger partial charge in [0.15, 0.2) is 6.10 Å². The number of hydrogen-bond donors (Lipinski definition) is 0. The van der Waals surface area contributed by atoms with Crippen molar-refractivity contribution in [2.24, 2.45) is 0 Å². The lowest BCUT2D eigenvalue weighted by Gasteiger charge is -2.21. The summed E-state index contributed by atoms with van der Waals surface area (Å²) in [6.45, 7) is 0.942. The molecule has 0 fully saturated rings. The molecule has 0 N–H and O–H groups in total. The van der Waals surface area contributed by atoms with Crippen molar-refractivity contribution in [3.63, 3.8) is 0 Å². The van der Waals surface area contributed by atoms with Gasteiger partial charge < -0.3 is 9.64 Å². The molecule has 7 nitrogen and oxygen atoms in total. The van der Waals surface area contributed by atoms with E-state index in [1.54, 1.807) is 22.9 Å². The van der Waals surface area contributed by atoms with Crippen LogP contribution in [0.2, 0.25) is 5.02 Å². The summed E-state index contributed by atoms with van der Waals surface area (Å²) in [6, 6.07) is 16.2. The highest BCUT2D eigenvalue weighted by Gasteiger charge is 2.38. The monoisotopic (exact) mass is 498 g/mol. The number of benzene rings is 2. The predicted octanol–water partition coefficient (Wildman–Crippen LogP) is 6.09. The Balaban J connectivity index is 1.48. The van der Waals surface area contributed by atoms with Crippen LogP contribution < -0.4 is 9.64 Å². The first-order valence-corrected chi connectivity index (χ1v) is 10.9. The molecule has 0 saturated carbocycles. The summed E-state index contributed by atoms with van der Waals surface area (Å²) >= 11 is 6.23. The maximum absolute atomic E-state index is 12.7. The topological polar surface area (TPSA) is 68.4 Å². The smallest absolute Gasteiger partial charge is 0.425 e. The van der Waals surface area contributed by atoms with Crippen LogP contribution in [-0.4, -0.2) is 43.9 Å². The molecule has 0 spiro atoms. The van der Waals surface area contributed by atoms with Gasteiger partial charge in [-0.15, -0.1) is 10.2 Å². The summed E-state index contributed by atoms with van der Waals surface area (Å²) in [7, 11) is 1.88. The highest BCUT2D eigenvalue weighted by Crippen LogP contribution is 2.33. The second-order valence-electron chi connectivity index (χ2n) is 7.89. The molecule has 0 aliphatic carbocycles. The minimum Gasteiger partial charge on any atom is -0.465 e. The van der Waals surface area contributed by atoms with Crippen LogP contribution in [0.4, 0.5) is 24.7 Å². The lowest BCUT2D eigenvalue weighted by atomic mass is 10.1. The summed E-state index contributed by atoms with van der Waals surface area (Å²) in [5.74, 6) is 1.01. The molecule has 0 saturated heterocycles. The Kier molecular flexibility index (Phi) is 5.68. The number of pyridine rings is 1. The number of hydrogen-bond acceptors (Lipinski definition) is 6. The van der Waals surface area contributed by atoms with Crippen molar-refractivity contribution in [3.05, 3.63) is 72.1 Å². The number of aromatic nitrogens is 5. The van der Waals surface area contributed by atoms with Crippen molar-refractivity contribution in [3.8, 4) is 17.0 Å². The second-order valence-corrected chi connectivity index (χ2v) is 8.33. The summed E-state index contributed by atoms with van der Waals surface area (Å²) in [5, 5.41) is 9.48. The normalized spacial score (nSPS) is 12.7. The first-order chi connectivity index (χ1) is 16.7. The Morgan fingerprint density at radius 2 is 1.89 bits per heavy atom. The van der Waals surface area contributed by atoms with Crippen LogP contribution in [-0.2, 0) is 0 Å². The third-order valence-corrected chi connectivity index (χ3v) is 5.81. The molecule has 0 aliphatic heterocycles. The summed E-state index contributed by atoms with van der Waals surface area (Å²) in [4.78, 5) is 10.6. The van der Waals surface area contributed by atoms with E-state index < -0.39 is 12.3 Å². The van der Waals surface area contributed by atoms with Gasteiger partial charge in [-0.2, -0.15) is 18.2 Å². The molecule has 0 aliphatic rings. The summed E-state index contributed by atoms with van der Waals surface area (Å²) in [6.07, 6.45) is -3.34. The van der Waals surface area contributed by atoms with Gasteiger partial charge in [0, 0.05) is 41.0 Å². The maximum atomic E-state index is 12.7. The zero-order valence-electron chi connectivity index (χ0n) is 18.5. The van der Waals surface area contributed by atoms with Gasteiger partial charge in [0.05, 0.1) is 5.52 Å². The first-order valence-electron chi connectivity index (χ1n) is 10.5. The van der Waals surface area contributed by atoms with E-state index >= 15 is 0 Å². The molecular formula is C24H18ClF3N6O. The molecule has 35 heavy (non-hydrogen) atoms. The van der Waals surface area contributed by atoms with Crippen molar-refractivity contribution < 1.29 is 17.9 Å². The molecule has 5 rings (SSSR count). The minimum atomic E-state index is -4.46. The van der Waals surface area contributed by atoms with E-state index in [0.29, 0.717) is 16.6 Å². The van der Waals surface area contributed by atoms with Gasteiger partial charge in [0.1, 0.15) is 12.1 Å². The van der Waals surface area contributed by atoms with Crippen LogP contribution >= 0.6 is 11.6 Å². The Morgan fingerprint density at radius 1 is 1.06 bits per heavy atom. The molecule has 178 valence electrons. The van der Waals surface area contributed by atoms with Gasteiger partial charge in [0.25, 0.3) is 5.78 Å². The predicted molar refractivity (Wildman–Crippen MR) is 127 cm³/mol. The zero-order chi connectivity index (χ0) is 24.7. The highest BCUT2D eigenvalue weighted by atomic mass is 35.5.